The number of esters is 1. The molecule has 7 rings (SSSR count). The maximum absolute atomic E-state index is 14.7. The molecule has 0 spiro atoms. The molecule has 4 fully saturated rings. The average Bonchev–Trinajstić information content (AvgIpc) is 3.98. The van der Waals surface area contributed by atoms with E-state index in [4.69, 9.17) is 14.2 Å². The predicted octanol–water partition coefficient (Wildman–Crippen LogP) is 0.560. The van der Waals surface area contributed by atoms with Crippen molar-refractivity contribution in [3.63, 3.8) is 0 Å². The molecular formula is C42H50F2N6O10. The van der Waals surface area contributed by atoms with Crippen LogP contribution in [-0.4, -0.2) is 138 Å². The minimum absolute atomic E-state index is 0.0336. The highest BCUT2D eigenvalue weighted by molar-refractivity contribution is 5.98. The van der Waals surface area contributed by atoms with Crippen molar-refractivity contribution in [2.45, 2.75) is 102 Å². The van der Waals surface area contributed by atoms with Crippen molar-refractivity contribution in [2.75, 3.05) is 39.5 Å². The molecule has 0 aliphatic carbocycles. The summed E-state index contributed by atoms with van der Waals surface area (Å²) < 4.78 is 45.9. The van der Waals surface area contributed by atoms with Crippen molar-refractivity contribution in [1.82, 2.24) is 30.7 Å². The molecule has 18 heteroatoms. The molecule has 5 aliphatic rings. The van der Waals surface area contributed by atoms with Crippen LogP contribution in [0, 0.1) is 17.6 Å². The molecule has 0 aromatic heterocycles. The molecular weight excluding hydrogens is 786 g/mol. The molecule has 5 aliphatic heterocycles. The molecule has 0 bridgehead atoms. The molecule has 8 atom stereocenters. The van der Waals surface area contributed by atoms with E-state index >= 15 is 0 Å². The van der Waals surface area contributed by atoms with Crippen LogP contribution in [0.1, 0.15) is 56.7 Å². The molecule has 60 heavy (non-hydrogen) atoms. The molecule has 2 aromatic carbocycles. The van der Waals surface area contributed by atoms with E-state index in [1.54, 1.807) is 12.1 Å². The summed E-state index contributed by atoms with van der Waals surface area (Å²) in [5, 5.41) is 7.99. The summed E-state index contributed by atoms with van der Waals surface area (Å²) in [7, 11) is 0. The molecule has 0 unspecified atom stereocenters. The fraction of sp³-hybridized carbons (Fsp3) is 0.548. The van der Waals surface area contributed by atoms with Gasteiger partial charge in [-0.05, 0) is 73.9 Å². The maximum Gasteiger partial charge on any atom is 0.329 e. The topological polar surface area (TPSA) is 193 Å². The van der Waals surface area contributed by atoms with Gasteiger partial charge in [-0.25, -0.2) is 13.6 Å². The highest BCUT2D eigenvalue weighted by Crippen LogP contribution is 2.29. The molecule has 0 saturated carbocycles. The molecule has 16 nitrogen and oxygen atoms in total. The van der Waals surface area contributed by atoms with Gasteiger partial charge in [0.2, 0.25) is 35.4 Å². The molecule has 6 amide bonds. The summed E-state index contributed by atoms with van der Waals surface area (Å²) in [5.41, 5.74) is 1.61. The number of benzene rings is 2. The second kappa shape index (κ2) is 17.9. The van der Waals surface area contributed by atoms with Gasteiger partial charge < -0.3 is 44.9 Å². The van der Waals surface area contributed by atoms with Crippen LogP contribution < -0.4 is 20.7 Å². The summed E-state index contributed by atoms with van der Waals surface area (Å²) in [6.45, 7) is 5.55. The second-order valence-electron chi connectivity index (χ2n) is 16.3. The summed E-state index contributed by atoms with van der Waals surface area (Å²) in [6.07, 6.45) is -0.370. The summed E-state index contributed by atoms with van der Waals surface area (Å²) in [4.78, 5) is 102. The average molecular weight is 837 g/mol. The highest BCUT2D eigenvalue weighted by atomic mass is 19.1. The van der Waals surface area contributed by atoms with Crippen molar-refractivity contribution in [1.29, 1.82) is 0 Å². The third kappa shape index (κ3) is 9.22. The third-order valence-electron chi connectivity index (χ3n) is 11.8. The number of rotatable bonds is 7. The number of nitrogens with zero attached hydrogens (tertiary/aromatic N) is 3. The Kier molecular flexibility index (Phi) is 12.7. The predicted molar refractivity (Wildman–Crippen MR) is 207 cm³/mol. The van der Waals surface area contributed by atoms with Gasteiger partial charge in [0.25, 0.3) is 0 Å². The van der Waals surface area contributed by atoms with Gasteiger partial charge in [0.15, 0.2) is 0 Å². The monoisotopic (exact) mass is 836 g/mol. The smallest absolute Gasteiger partial charge is 0.329 e. The summed E-state index contributed by atoms with van der Waals surface area (Å²) in [6, 6.07) is 0.592. The van der Waals surface area contributed by atoms with E-state index in [2.05, 4.69) is 16.0 Å². The number of carbonyl (C=O) groups excluding carboxylic acids is 7. The highest BCUT2D eigenvalue weighted by Gasteiger charge is 2.47. The van der Waals surface area contributed by atoms with Gasteiger partial charge >= 0.3 is 5.97 Å². The van der Waals surface area contributed by atoms with Crippen molar-refractivity contribution >= 4 is 41.4 Å². The summed E-state index contributed by atoms with van der Waals surface area (Å²) in [5.74, 6) is -6.19. The minimum Gasteiger partial charge on any atom is -0.493 e. The lowest BCUT2D eigenvalue weighted by atomic mass is 10.0. The van der Waals surface area contributed by atoms with Gasteiger partial charge in [-0.15, -0.1) is 0 Å². The normalized spacial score (nSPS) is 27.9. The van der Waals surface area contributed by atoms with Crippen LogP contribution in [-0.2, 0) is 62.3 Å². The van der Waals surface area contributed by atoms with Gasteiger partial charge in [-0.3, -0.25) is 28.8 Å². The standard InChI is InChI=1S/C42H50F2N6O10/c1-22-13-32-42(57)60-24(3)36(41(56)48-9-4-5-31(48)40(55)49-10-12-58-21-33(49)38(53)45-23(2)39(54)50(32)20-22)47-37(52)30(16-26-14-28(43)19-29(44)15-26)46-35(51)18-25-6-7-27-8-11-59-34(27)17-25/h6-7,14-15,17,19,22-24,30-33,36H,4-5,8-13,16,18,20-21H2,1-3H3,(H,45,53)(H,46,51)(H,47,52)/t22-,23+,24+,30+,31+,32+,33+,36+/m1/s1. The number of fused-ring (bicyclic) bond motifs is 4. The number of hydrogen-bond acceptors (Lipinski definition) is 10. The van der Waals surface area contributed by atoms with Gasteiger partial charge in [-0.1, -0.05) is 19.1 Å². The van der Waals surface area contributed by atoms with E-state index in [1.165, 1.54) is 28.5 Å². The van der Waals surface area contributed by atoms with E-state index in [0.29, 0.717) is 30.4 Å². The maximum atomic E-state index is 14.7. The third-order valence-corrected chi connectivity index (χ3v) is 11.8. The van der Waals surface area contributed by atoms with Crippen LogP contribution in [0.25, 0.3) is 0 Å². The van der Waals surface area contributed by atoms with Crippen LogP contribution in [0.2, 0.25) is 0 Å². The van der Waals surface area contributed by atoms with Gasteiger partial charge in [-0.2, -0.15) is 0 Å². The van der Waals surface area contributed by atoms with Crippen LogP contribution in [0.15, 0.2) is 36.4 Å². The number of morpholine rings is 1. The van der Waals surface area contributed by atoms with Crippen molar-refractivity contribution in [3.05, 3.63) is 64.7 Å². The SMILES string of the molecule is C[C@@H]1C[C@H]2C(=O)O[C@@H](C)[C@H](NC(=O)[C@H](Cc3cc(F)cc(F)c3)NC(=O)Cc3ccc4c(c3)OCC4)C(=O)N3CCC[C@H]3C(=O)N3CCOC[C@H]3C(=O)N[C@@H](C)C(=O)N2C1. The van der Waals surface area contributed by atoms with Crippen molar-refractivity contribution in [2.24, 2.45) is 5.92 Å². The van der Waals surface area contributed by atoms with E-state index in [-0.39, 0.29) is 63.6 Å². The quantitative estimate of drug-likeness (QED) is 0.332. The lowest BCUT2D eigenvalue weighted by Gasteiger charge is -2.39. The number of cyclic esters (lactones) is 1. The largest absolute Gasteiger partial charge is 0.493 e. The second-order valence-corrected chi connectivity index (χ2v) is 16.3. The van der Waals surface area contributed by atoms with E-state index in [0.717, 1.165) is 24.1 Å². The van der Waals surface area contributed by atoms with Crippen LogP contribution in [0.4, 0.5) is 8.78 Å². The van der Waals surface area contributed by atoms with E-state index in [1.807, 2.05) is 13.0 Å². The van der Waals surface area contributed by atoms with Crippen molar-refractivity contribution < 1.29 is 56.6 Å². The number of carbonyl (C=O) groups is 7. The van der Waals surface area contributed by atoms with Gasteiger partial charge in [0, 0.05) is 38.5 Å². The lowest BCUT2D eigenvalue weighted by molar-refractivity contribution is -0.164. The van der Waals surface area contributed by atoms with Gasteiger partial charge in [0.05, 0.1) is 26.2 Å². The molecule has 4 saturated heterocycles. The number of halogens is 2. The fourth-order valence-electron chi connectivity index (χ4n) is 8.76. The van der Waals surface area contributed by atoms with Crippen LogP contribution in [0.3, 0.4) is 0 Å². The fourth-order valence-corrected chi connectivity index (χ4v) is 8.76. The Morgan fingerprint density at radius 2 is 1.62 bits per heavy atom. The Bertz CT molecular complexity index is 2030. The first-order valence-corrected chi connectivity index (χ1v) is 20.5. The number of hydrogen-bond donors (Lipinski definition) is 3. The van der Waals surface area contributed by atoms with Crippen LogP contribution in [0.5, 0.6) is 5.75 Å². The molecule has 2 aromatic rings. The van der Waals surface area contributed by atoms with Crippen molar-refractivity contribution in [3.8, 4) is 5.75 Å². The zero-order valence-electron chi connectivity index (χ0n) is 33.7. The first kappa shape index (κ1) is 42.5. The summed E-state index contributed by atoms with van der Waals surface area (Å²) >= 11 is 0. The minimum atomic E-state index is -1.63. The number of amides is 6. The zero-order valence-corrected chi connectivity index (χ0v) is 33.7. The van der Waals surface area contributed by atoms with Crippen LogP contribution >= 0.6 is 0 Å². The molecule has 322 valence electrons. The lowest BCUT2D eigenvalue weighted by Crippen LogP contribution is -2.64. The molecule has 5 heterocycles. The number of nitrogens with one attached hydrogen (secondary N) is 3. The molecule has 3 N–H and O–H groups in total. The Morgan fingerprint density at radius 3 is 2.38 bits per heavy atom. The zero-order chi connectivity index (χ0) is 42.8. The first-order valence-electron chi connectivity index (χ1n) is 20.5. The number of ether oxygens (including phenoxy) is 3. The Hall–Kier alpha value is -5.65. The molecule has 0 radical (unpaired) electrons. The Balaban J connectivity index is 1.20. The Morgan fingerprint density at radius 1 is 0.867 bits per heavy atom. The van der Waals surface area contributed by atoms with Gasteiger partial charge in [0.1, 0.15) is 59.7 Å². The van der Waals surface area contributed by atoms with E-state index in [9.17, 15) is 42.3 Å². The first-order chi connectivity index (χ1) is 28.7. The van der Waals surface area contributed by atoms with E-state index < -0.39 is 102 Å². The Labute approximate surface area is 345 Å².